The molecule has 0 heterocycles. The second-order valence-electron chi connectivity index (χ2n) is 3.92. The number of anilines is 1. The number of nitrogens with one attached hydrogen (secondary N) is 1. The van der Waals surface area contributed by atoms with Gasteiger partial charge in [0.2, 0.25) is 0 Å². The van der Waals surface area contributed by atoms with Crippen LogP contribution in [0.15, 0.2) is 33.2 Å². The Labute approximate surface area is 129 Å². The zero-order chi connectivity index (χ0) is 14.9. The molecule has 0 unspecified atom stereocenters. The van der Waals surface area contributed by atoms with E-state index in [1.54, 1.807) is 0 Å². The highest BCUT2D eigenvalue weighted by Gasteiger charge is 2.15. The molecule has 2 rings (SSSR count). The van der Waals surface area contributed by atoms with Gasteiger partial charge in [0.15, 0.2) is 0 Å². The molecule has 1 nitrogen and oxygen atoms in total. The highest BCUT2D eigenvalue weighted by Crippen LogP contribution is 2.26. The molecule has 0 aliphatic heterocycles. The molecule has 0 saturated carbocycles. The Kier molecular flexibility index (Phi) is 4.70. The summed E-state index contributed by atoms with van der Waals surface area (Å²) in [5.41, 5.74) is -0.743. The summed E-state index contributed by atoms with van der Waals surface area (Å²) in [6, 6.07) is 4.39. The summed E-state index contributed by atoms with van der Waals surface area (Å²) in [6.45, 7) is -0.382. The van der Waals surface area contributed by atoms with Crippen LogP contribution in [0.5, 0.6) is 0 Å². The summed E-state index contributed by atoms with van der Waals surface area (Å²) < 4.78 is 54.7. The van der Waals surface area contributed by atoms with Crippen LogP contribution in [0, 0.1) is 23.3 Å². The van der Waals surface area contributed by atoms with Crippen molar-refractivity contribution >= 4 is 37.5 Å². The van der Waals surface area contributed by atoms with E-state index in [1.807, 2.05) is 0 Å². The summed E-state index contributed by atoms with van der Waals surface area (Å²) in [5.74, 6) is -3.31. The zero-order valence-corrected chi connectivity index (χ0v) is 13.0. The average molecular weight is 413 g/mol. The van der Waals surface area contributed by atoms with E-state index in [0.29, 0.717) is 0 Å². The lowest BCUT2D eigenvalue weighted by Crippen LogP contribution is -2.08. The molecule has 0 amide bonds. The summed E-state index contributed by atoms with van der Waals surface area (Å²) in [5, 5.41) is 2.36. The van der Waals surface area contributed by atoms with Crippen molar-refractivity contribution in [2.24, 2.45) is 0 Å². The first kappa shape index (κ1) is 15.3. The van der Waals surface area contributed by atoms with Crippen LogP contribution in [0.2, 0.25) is 0 Å². The standard InChI is InChI=1S/C13H7Br2F4N/c14-6-3-10(17)13(11(18)4-6)20-5-7-9(16)2-1-8(15)12(7)19/h1-4,20H,5H2. The summed E-state index contributed by atoms with van der Waals surface area (Å²) in [6.07, 6.45) is 0. The molecule has 0 fully saturated rings. The maximum absolute atomic E-state index is 13.7. The molecule has 2 aromatic rings. The van der Waals surface area contributed by atoms with E-state index in [2.05, 4.69) is 37.2 Å². The lowest BCUT2D eigenvalue weighted by atomic mass is 10.2. The fourth-order valence-electron chi connectivity index (χ4n) is 1.62. The van der Waals surface area contributed by atoms with E-state index in [0.717, 1.165) is 18.2 Å². The molecule has 0 spiro atoms. The van der Waals surface area contributed by atoms with Gasteiger partial charge >= 0.3 is 0 Å². The van der Waals surface area contributed by atoms with Crippen LogP contribution < -0.4 is 5.32 Å². The van der Waals surface area contributed by atoms with Gasteiger partial charge in [-0.05, 0) is 40.2 Å². The van der Waals surface area contributed by atoms with Crippen LogP contribution in [-0.2, 0) is 6.54 Å². The minimum absolute atomic E-state index is 0.0763. The van der Waals surface area contributed by atoms with E-state index >= 15 is 0 Å². The van der Waals surface area contributed by atoms with Crippen molar-refractivity contribution < 1.29 is 17.6 Å². The van der Waals surface area contributed by atoms with Gasteiger partial charge in [0.25, 0.3) is 0 Å². The topological polar surface area (TPSA) is 12.0 Å². The van der Waals surface area contributed by atoms with Gasteiger partial charge in [-0.1, -0.05) is 15.9 Å². The Morgan fingerprint density at radius 1 is 0.900 bits per heavy atom. The number of hydrogen-bond acceptors (Lipinski definition) is 1. The third kappa shape index (κ3) is 3.15. The van der Waals surface area contributed by atoms with Gasteiger partial charge in [0, 0.05) is 16.6 Å². The van der Waals surface area contributed by atoms with Gasteiger partial charge in [-0.25, -0.2) is 17.6 Å². The van der Waals surface area contributed by atoms with Gasteiger partial charge in [-0.3, -0.25) is 0 Å². The molecule has 0 aliphatic carbocycles. The van der Waals surface area contributed by atoms with E-state index in [1.165, 1.54) is 6.07 Å². The highest BCUT2D eigenvalue weighted by molar-refractivity contribution is 9.10. The normalized spacial score (nSPS) is 10.7. The van der Waals surface area contributed by atoms with Crippen molar-refractivity contribution in [1.82, 2.24) is 0 Å². The van der Waals surface area contributed by atoms with Gasteiger partial charge in [0.05, 0.1) is 4.47 Å². The Balaban J connectivity index is 2.28. The maximum atomic E-state index is 13.7. The first-order valence-corrected chi connectivity index (χ1v) is 6.99. The number of benzene rings is 2. The van der Waals surface area contributed by atoms with Crippen LogP contribution in [0.1, 0.15) is 5.56 Å². The molecule has 0 atom stereocenters. The molecular weight excluding hydrogens is 406 g/mol. The Bertz CT molecular complexity index is 638. The number of rotatable bonds is 3. The second-order valence-corrected chi connectivity index (χ2v) is 5.69. The molecule has 0 radical (unpaired) electrons. The summed E-state index contributed by atoms with van der Waals surface area (Å²) in [4.78, 5) is 0. The molecule has 0 bridgehead atoms. The number of halogens is 6. The molecule has 0 aliphatic rings. The Hall–Kier alpha value is -1.08. The smallest absolute Gasteiger partial charge is 0.150 e. The summed E-state index contributed by atoms with van der Waals surface area (Å²) >= 11 is 5.86. The van der Waals surface area contributed by atoms with E-state index in [4.69, 9.17) is 0 Å². The maximum Gasteiger partial charge on any atom is 0.150 e. The fraction of sp³-hybridized carbons (Fsp3) is 0.0769. The lowest BCUT2D eigenvalue weighted by molar-refractivity contribution is 0.552. The minimum atomic E-state index is -0.854. The van der Waals surface area contributed by atoms with Crippen LogP contribution >= 0.6 is 31.9 Å². The lowest BCUT2D eigenvalue weighted by Gasteiger charge is -2.11. The van der Waals surface area contributed by atoms with Gasteiger partial charge in [-0.2, -0.15) is 0 Å². The zero-order valence-electron chi connectivity index (χ0n) is 9.78. The van der Waals surface area contributed by atoms with E-state index in [9.17, 15) is 17.6 Å². The molecule has 0 saturated heterocycles. The van der Waals surface area contributed by atoms with Crippen LogP contribution in [0.25, 0.3) is 0 Å². The molecule has 20 heavy (non-hydrogen) atoms. The summed E-state index contributed by atoms with van der Waals surface area (Å²) in [7, 11) is 0. The Morgan fingerprint density at radius 3 is 2.10 bits per heavy atom. The molecule has 106 valence electrons. The van der Waals surface area contributed by atoms with Crippen LogP contribution in [0.3, 0.4) is 0 Å². The third-order valence-electron chi connectivity index (χ3n) is 2.59. The second kappa shape index (κ2) is 6.13. The van der Waals surface area contributed by atoms with E-state index in [-0.39, 0.29) is 21.1 Å². The molecule has 2 aromatic carbocycles. The van der Waals surface area contributed by atoms with Crippen LogP contribution in [-0.4, -0.2) is 0 Å². The fourth-order valence-corrected chi connectivity index (χ4v) is 2.39. The first-order valence-electron chi connectivity index (χ1n) is 5.41. The van der Waals surface area contributed by atoms with Crippen LogP contribution in [0.4, 0.5) is 23.2 Å². The van der Waals surface area contributed by atoms with Crippen molar-refractivity contribution in [3.8, 4) is 0 Å². The molecular formula is C13H7Br2F4N. The number of hydrogen-bond donors (Lipinski definition) is 1. The third-order valence-corrected chi connectivity index (χ3v) is 3.66. The molecule has 7 heteroatoms. The van der Waals surface area contributed by atoms with E-state index < -0.39 is 29.0 Å². The van der Waals surface area contributed by atoms with Gasteiger partial charge in [-0.15, -0.1) is 0 Å². The Morgan fingerprint density at radius 2 is 1.50 bits per heavy atom. The van der Waals surface area contributed by atoms with Gasteiger partial charge in [0.1, 0.15) is 29.0 Å². The van der Waals surface area contributed by atoms with Crippen molar-refractivity contribution in [3.63, 3.8) is 0 Å². The van der Waals surface area contributed by atoms with Crippen molar-refractivity contribution in [1.29, 1.82) is 0 Å². The quantitative estimate of drug-likeness (QED) is 0.527. The SMILES string of the molecule is Fc1ccc(Br)c(F)c1CNc1c(F)cc(Br)cc1F. The van der Waals surface area contributed by atoms with Crippen molar-refractivity contribution in [3.05, 3.63) is 62.0 Å². The van der Waals surface area contributed by atoms with Crippen molar-refractivity contribution in [2.75, 3.05) is 5.32 Å². The molecule has 0 aromatic heterocycles. The minimum Gasteiger partial charge on any atom is -0.376 e. The average Bonchev–Trinajstić information content (AvgIpc) is 2.36. The van der Waals surface area contributed by atoms with Crippen molar-refractivity contribution in [2.45, 2.75) is 6.54 Å². The highest BCUT2D eigenvalue weighted by atomic mass is 79.9. The van der Waals surface area contributed by atoms with Gasteiger partial charge < -0.3 is 5.32 Å². The monoisotopic (exact) mass is 411 g/mol. The molecule has 1 N–H and O–H groups in total. The first-order chi connectivity index (χ1) is 9.40. The predicted molar refractivity (Wildman–Crippen MR) is 75.4 cm³/mol. The largest absolute Gasteiger partial charge is 0.376 e. The predicted octanol–water partition coefficient (Wildman–Crippen LogP) is 5.38.